The standard InChI is InChI=1S/C8H9Br2NO2/c1-4(13)11-2-5-7(6(11)3-12)8(5,9)10/h3,5-7H,2H2,1H3/t5-,6+,7-/m0/s1. The van der Waals surface area contributed by atoms with Crippen LogP contribution in [0, 0.1) is 11.8 Å². The van der Waals surface area contributed by atoms with E-state index in [4.69, 9.17) is 0 Å². The largest absolute Gasteiger partial charge is 0.332 e. The second-order valence-corrected chi connectivity index (χ2v) is 7.29. The van der Waals surface area contributed by atoms with Crippen LogP contribution in [0.3, 0.4) is 0 Å². The van der Waals surface area contributed by atoms with Gasteiger partial charge in [0.1, 0.15) is 6.29 Å². The molecule has 1 heterocycles. The molecule has 1 aliphatic heterocycles. The van der Waals surface area contributed by atoms with Gasteiger partial charge in [-0.1, -0.05) is 31.9 Å². The molecule has 0 aromatic carbocycles. The number of likely N-dealkylation sites (tertiary alicyclic amines) is 1. The van der Waals surface area contributed by atoms with Crippen LogP contribution in [-0.4, -0.2) is 32.9 Å². The second kappa shape index (κ2) is 2.79. The maximum Gasteiger partial charge on any atom is 0.220 e. The Labute approximate surface area is 93.1 Å². The third kappa shape index (κ3) is 1.20. The average molecular weight is 311 g/mol. The summed E-state index contributed by atoms with van der Waals surface area (Å²) in [4.78, 5) is 23.6. The molecular formula is C8H9Br2NO2. The molecule has 1 saturated carbocycles. The van der Waals surface area contributed by atoms with Gasteiger partial charge in [0.25, 0.3) is 0 Å². The van der Waals surface area contributed by atoms with Crippen molar-refractivity contribution in [1.29, 1.82) is 0 Å². The van der Waals surface area contributed by atoms with E-state index in [9.17, 15) is 9.59 Å². The highest BCUT2D eigenvalue weighted by Gasteiger charge is 2.70. The summed E-state index contributed by atoms with van der Waals surface area (Å²) < 4.78 is -0.0997. The monoisotopic (exact) mass is 309 g/mol. The summed E-state index contributed by atoms with van der Waals surface area (Å²) in [6.45, 7) is 2.19. The van der Waals surface area contributed by atoms with E-state index in [2.05, 4.69) is 31.9 Å². The van der Waals surface area contributed by atoms with Crippen molar-refractivity contribution < 1.29 is 9.59 Å². The quantitative estimate of drug-likeness (QED) is 0.538. The second-order valence-electron chi connectivity index (χ2n) is 3.60. The molecule has 1 aliphatic carbocycles. The number of aldehydes is 1. The van der Waals surface area contributed by atoms with E-state index in [1.165, 1.54) is 6.92 Å². The molecule has 0 unspecified atom stereocenters. The number of amides is 1. The summed E-state index contributed by atoms with van der Waals surface area (Å²) in [5.41, 5.74) is 0. The van der Waals surface area contributed by atoms with E-state index in [1.807, 2.05) is 0 Å². The summed E-state index contributed by atoms with van der Waals surface area (Å²) in [7, 11) is 0. The third-order valence-corrected chi connectivity index (χ3v) is 5.16. The SMILES string of the molecule is CC(=O)N1C[C@H]2[C@@H]([C@H]1C=O)C2(Br)Br. The summed E-state index contributed by atoms with van der Waals surface area (Å²) in [6.07, 6.45) is 0.871. The lowest BCUT2D eigenvalue weighted by Crippen LogP contribution is -2.40. The maximum absolute atomic E-state index is 11.1. The first-order valence-corrected chi connectivity index (χ1v) is 5.69. The molecule has 0 bridgehead atoms. The van der Waals surface area contributed by atoms with Crippen LogP contribution in [0.1, 0.15) is 6.92 Å². The van der Waals surface area contributed by atoms with Gasteiger partial charge < -0.3 is 9.69 Å². The molecule has 0 radical (unpaired) electrons. The number of hydrogen-bond donors (Lipinski definition) is 0. The first-order valence-electron chi connectivity index (χ1n) is 4.10. The van der Waals surface area contributed by atoms with Gasteiger partial charge in [-0.15, -0.1) is 0 Å². The minimum Gasteiger partial charge on any atom is -0.332 e. The van der Waals surface area contributed by atoms with Crippen LogP contribution < -0.4 is 0 Å². The van der Waals surface area contributed by atoms with Crippen molar-refractivity contribution in [2.45, 2.75) is 16.2 Å². The molecule has 2 aliphatic rings. The molecule has 1 amide bonds. The molecule has 0 aromatic heterocycles. The zero-order valence-electron chi connectivity index (χ0n) is 7.04. The normalized spacial score (nSPS) is 39.9. The van der Waals surface area contributed by atoms with Crippen molar-refractivity contribution in [1.82, 2.24) is 4.90 Å². The van der Waals surface area contributed by atoms with Crippen LogP contribution in [0.4, 0.5) is 0 Å². The molecule has 0 N–H and O–H groups in total. The van der Waals surface area contributed by atoms with Crippen LogP contribution in [0.5, 0.6) is 0 Å². The number of carbonyl (C=O) groups is 2. The Morgan fingerprint density at radius 2 is 2.23 bits per heavy atom. The molecule has 3 nitrogen and oxygen atoms in total. The zero-order chi connectivity index (χ0) is 9.80. The van der Waals surface area contributed by atoms with Gasteiger partial charge in [0, 0.05) is 25.3 Å². The average Bonchev–Trinajstić information content (AvgIpc) is 2.48. The Bertz CT molecular complexity index is 279. The van der Waals surface area contributed by atoms with Gasteiger partial charge in [-0.2, -0.15) is 0 Å². The van der Waals surface area contributed by atoms with E-state index in [1.54, 1.807) is 4.90 Å². The van der Waals surface area contributed by atoms with E-state index in [0.717, 1.165) is 6.29 Å². The van der Waals surface area contributed by atoms with Gasteiger partial charge in [0.15, 0.2) is 0 Å². The molecule has 13 heavy (non-hydrogen) atoms. The summed E-state index contributed by atoms with van der Waals surface area (Å²) in [5, 5.41) is 0. The lowest BCUT2D eigenvalue weighted by atomic mass is 10.2. The fourth-order valence-electron chi connectivity index (χ4n) is 2.14. The van der Waals surface area contributed by atoms with Crippen LogP contribution in [0.25, 0.3) is 0 Å². The first kappa shape index (κ1) is 9.65. The highest BCUT2D eigenvalue weighted by atomic mass is 79.9. The fraction of sp³-hybridized carbons (Fsp3) is 0.750. The van der Waals surface area contributed by atoms with Crippen LogP contribution in [0.2, 0.25) is 0 Å². The number of halogens is 2. The zero-order valence-corrected chi connectivity index (χ0v) is 10.2. The number of nitrogens with zero attached hydrogens (tertiary/aromatic N) is 1. The summed E-state index contributed by atoms with van der Waals surface area (Å²) in [5.74, 6) is 0.612. The smallest absolute Gasteiger partial charge is 0.220 e. The number of carbonyl (C=O) groups excluding carboxylic acids is 2. The Morgan fingerprint density at radius 1 is 1.62 bits per heavy atom. The highest BCUT2D eigenvalue weighted by Crippen LogP contribution is 2.67. The van der Waals surface area contributed by atoms with E-state index in [0.29, 0.717) is 12.5 Å². The minimum absolute atomic E-state index is 0.0138. The molecule has 5 heteroatoms. The molecule has 2 fully saturated rings. The van der Waals surface area contributed by atoms with Crippen molar-refractivity contribution in [3.05, 3.63) is 0 Å². The molecule has 1 saturated heterocycles. The molecular weight excluding hydrogens is 302 g/mol. The van der Waals surface area contributed by atoms with Gasteiger partial charge in [-0.05, 0) is 0 Å². The number of rotatable bonds is 1. The topological polar surface area (TPSA) is 37.4 Å². The van der Waals surface area contributed by atoms with Crippen molar-refractivity contribution in [3.8, 4) is 0 Å². The Balaban J connectivity index is 2.18. The van der Waals surface area contributed by atoms with E-state index < -0.39 is 0 Å². The van der Waals surface area contributed by atoms with Crippen molar-refractivity contribution in [3.63, 3.8) is 0 Å². The van der Waals surface area contributed by atoms with Crippen molar-refractivity contribution >= 4 is 44.1 Å². The molecule has 0 aromatic rings. The number of piperidine rings is 1. The van der Waals surface area contributed by atoms with E-state index in [-0.39, 0.29) is 21.1 Å². The van der Waals surface area contributed by atoms with Gasteiger partial charge >= 0.3 is 0 Å². The summed E-state index contributed by atoms with van der Waals surface area (Å²) >= 11 is 7.01. The fourth-order valence-corrected chi connectivity index (χ4v) is 3.92. The highest BCUT2D eigenvalue weighted by molar-refractivity contribution is 9.25. The van der Waals surface area contributed by atoms with E-state index >= 15 is 0 Å². The Kier molecular flexibility index (Phi) is 2.07. The van der Waals surface area contributed by atoms with Crippen molar-refractivity contribution in [2.24, 2.45) is 11.8 Å². The van der Waals surface area contributed by atoms with Gasteiger partial charge in [0.05, 0.1) is 9.28 Å². The molecule has 2 rings (SSSR count). The molecule has 0 spiro atoms. The van der Waals surface area contributed by atoms with Gasteiger partial charge in [0.2, 0.25) is 5.91 Å². The van der Waals surface area contributed by atoms with Crippen LogP contribution >= 0.6 is 31.9 Å². The lowest BCUT2D eigenvalue weighted by molar-refractivity contribution is -0.133. The first-order chi connectivity index (χ1) is 6.00. The maximum atomic E-state index is 11.1. The van der Waals surface area contributed by atoms with Crippen LogP contribution in [-0.2, 0) is 9.59 Å². The predicted molar refractivity (Wildman–Crippen MR) is 54.8 cm³/mol. The van der Waals surface area contributed by atoms with Gasteiger partial charge in [-0.3, -0.25) is 4.79 Å². The number of alkyl halides is 2. The van der Waals surface area contributed by atoms with Crippen LogP contribution in [0.15, 0.2) is 0 Å². The lowest BCUT2D eigenvalue weighted by Gasteiger charge is -2.24. The Morgan fingerprint density at radius 3 is 2.69 bits per heavy atom. The summed E-state index contributed by atoms with van der Waals surface area (Å²) in [6, 6.07) is -0.249. The predicted octanol–water partition coefficient (Wildman–Crippen LogP) is 1.15. The molecule has 3 atom stereocenters. The van der Waals surface area contributed by atoms with Crippen molar-refractivity contribution in [2.75, 3.05) is 6.54 Å². The number of hydrogen-bond acceptors (Lipinski definition) is 2. The number of fused-ring (bicyclic) bond motifs is 1. The Hall–Kier alpha value is 0.1000. The third-order valence-electron chi connectivity index (χ3n) is 2.93. The molecule has 72 valence electrons. The van der Waals surface area contributed by atoms with Gasteiger partial charge in [-0.25, -0.2) is 0 Å². The minimum atomic E-state index is -0.249.